The average molecular weight is 463 g/mol. The smallest absolute Gasteiger partial charge is 0.127 e. The lowest BCUT2D eigenvalue weighted by Crippen LogP contribution is -2.24. The summed E-state index contributed by atoms with van der Waals surface area (Å²) in [7, 11) is 0.521. The number of aryl methyl sites for hydroxylation is 1. The number of hydrogen-bond donors (Lipinski definition) is 1. The van der Waals surface area contributed by atoms with Crippen LogP contribution in [0, 0.1) is 6.92 Å². The van der Waals surface area contributed by atoms with Crippen LogP contribution in [0.15, 0.2) is 66.7 Å². The van der Waals surface area contributed by atoms with Gasteiger partial charge in [0.05, 0.1) is 6.10 Å². The van der Waals surface area contributed by atoms with Gasteiger partial charge in [-0.1, -0.05) is 115 Å². The minimum absolute atomic E-state index is 0.0396. The van der Waals surface area contributed by atoms with E-state index in [2.05, 4.69) is 90.1 Å². The van der Waals surface area contributed by atoms with E-state index < -0.39 is 6.10 Å². The molecular weight excluding hydrogens is 423 g/mol. The van der Waals surface area contributed by atoms with Crippen LogP contribution < -0.4 is 10.0 Å². The van der Waals surface area contributed by atoms with Crippen LogP contribution in [0.5, 0.6) is 5.75 Å². The summed E-state index contributed by atoms with van der Waals surface area (Å²) in [5.74, 6) is 1.02. The second kappa shape index (κ2) is 10.4. The topological polar surface area (TPSA) is 29.5 Å². The van der Waals surface area contributed by atoms with Crippen LogP contribution in [0.3, 0.4) is 0 Å². The Bertz CT molecular complexity index is 1070. The molecule has 0 saturated carbocycles. The highest BCUT2D eigenvalue weighted by Crippen LogP contribution is 2.50. The van der Waals surface area contributed by atoms with E-state index in [-0.39, 0.29) is 10.6 Å². The zero-order chi connectivity index (χ0) is 24.2. The lowest BCUT2D eigenvalue weighted by molar-refractivity contribution is 0.200. The molecule has 176 valence electrons. The van der Waals surface area contributed by atoms with Crippen molar-refractivity contribution in [2.75, 3.05) is 0 Å². The van der Waals surface area contributed by atoms with Crippen LogP contribution in [0.1, 0.15) is 81.9 Å². The maximum Gasteiger partial charge on any atom is 0.127 e. The van der Waals surface area contributed by atoms with E-state index in [1.807, 2.05) is 25.1 Å². The van der Waals surface area contributed by atoms with Crippen molar-refractivity contribution in [3.8, 4) is 5.75 Å². The molecule has 2 nitrogen and oxygen atoms in total. The van der Waals surface area contributed by atoms with E-state index >= 15 is 0 Å². The molecule has 3 rings (SSSR count). The van der Waals surface area contributed by atoms with Gasteiger partial charge in [-0.25, -0.2) is 0 Å². The minimum atomic E-state index is -0.480. The van der Waals surface area contributed by atoms with Gasteiger partial charge in [-0.2, -0.15) is 0 Å². The number of rotatable bonds is 8. The molecule has 0 aliphatic rings. The maximum absolute atomic E-state index is 10.4. The Kier molecular flexibility index (Phi) is 8.04. The summed E-state index contributed by atoms with van der Waals surface area (Å²) in [4.78, 5) is 0. The molecule has 1 N–H and O–H groups in total. The second-order valence-electron chi connectivity index (χ2n) is 10.3. The van der Waals surface area contributed by atoms with Crippen LogP contribution in [0.4, 0.5) is 0 Å². The van der Waals surface area contributed by atoms with Gasteiger partial charge in [-0.15, -0.1) is 0 Å². The standard InChI is InChI=1S/C30H39O2P/c1-8-30(7,33-27-17-13-12-16-24(27)22(3)31)26-19-21(2)18-25(29(4,5)6)28(26)32-20-23-14-10-9-11-15-23/h9-19,22,31,33H,8,20H2,1-7H3. The van der Waals surface area contributed by atoms with Crippen molar-refractivity contribution in [3.05, 3.63) is 94.5 Å². The molecule has 0 amide bonds. The molecule has 3 heteroatoms. The first-order valence-corrected chi connectivity index (χ1v) is 12.9. The molecule has 0 bridgehead atoms. The van der Waals surface area contributed by atoms with Crippen molar-refractivity contribution < 1.29 is 9.84 Å². The zero-order valence-corrected chi connectivity index (χ0v) is 22.2. The minimum Gasteiger partial charge on any atom is -0.488 e. The van der Waals surface area contributed by atoms with Crippen molar-refractivity contribution >= 4 is 13.9 Å². The lowest BCUT2D eigenvalue weighted by Gasteiger charge is -2.35. The molecular formula is C30H39O2P. The summed E-state index contributed by atoms with van der Waals surface area (Å²) < 4.78 is 6.65. The third-order valence-electron chi connectivity index (χ3n) is 6.39. The zero-order valence-electron chi connectivity index (χ0n) is 21.2. The lowest BCUT2D eigenvalue weighted by atomic mass is 9.81. The summed E-state index contributed by atoms with van der Waals surface area (Å²) in [6.07, 6.45) is 0.500. The molecule has 0 fully saturated rings. The van der Waals surface area contributed by atoms with Gasteiger partial charge in [0.2, 0.25) is 0 Å². The molecule has 0 aliphatic heterocycles. The number of benzene rings is 3. The molecule has 3 aromatic rings. The predicted molar refractivity (Wildman–Crippen MR) is 143 cm³/mol. The highest BCUT2D eigenvalue weighted by Gasteiger charge is 2.33. The summed E-state index contributed by atoms with van der Waals surface area (Å²) in [6.45, 7) is 16.0. The quantitative estimate of drug-likeness (QED) is 0.350. The van der Waals surface area contributed by atoms with Gasteiger partial charge in [0.1, 0.15) is 12.4 Å². The largest absolute Gasteiger partial charge is 0.488 e. The molecule has 0 spiro atoms. The monoisotopic (exact) mass is 462 g/mol. The molecule has 33 heavy (non-hydrogen) atoms. The molecule has 3 aromatic carbocycles. The number of hydrogen-bond acceptors (Lipinski definition) is 2. The van der Waals surface area contributed by atoms with E-state index in [0.717, 1.165) is 17.7 Å². The first kappa shape index (κ1) is 25.5. The fourth-order valence-corrected chi connectivity index (χ4v) is 5.95. The third kappa shape index (κ3) is 6.05. The van der Waals surface area contributed by atoms with Crippen LogP contribution in [0.25, 0.3) is 0 Å². The number of ether oxygens (including phenoxy) is 1. The van der Waals surface area contributed by atoms with Gasteiger partial charge < -0.3 is 9.84 Å². The second-order valence-corrected chi connectivity index (χ2v) is 12.2. The normalized spacial score (nSPS) is 14.9. The van der Waals surface area contributed by atoms with Gasteiger partial charge in [0.25, 0.3) is 0 Å². The molecule has 0 saturated heterocycles. The van der Waals surface area contributed by atoms with Crippen molar-refractivity contribution in [1.82, 2.24) is 0 Å². The predicted octanol–water partition coefficient (Wildman–Crippen LogP) is 7.55. The summed E-state index contributed by atoms with van der Waals surface area (Å²) >= 11 is 0. The number of aliphatic hydroxyl groups excluding tert-OH is 1. The van der Waals surface area contributed by atoms with Crippen molar-refractivity contribution in [2.24, 2.45) is 0 Å². The van der Waals surface area contributed by atoms with Gasteiger partial charge in [-0.05, 0) is 42.1 Å². The van der Waals surface area contributed by atoms with Crippen LogP contribution >= 0.6 is 8.58 Å². The van der Waals surface area contributed by atoms with E-state index in [1.54, 1.807) is 0 Å². The fraction of sp³-hybridized carbons (Fsp3) is 0.400. The first-order chi connectivity index (χ1) is 15.5. The van der Waals surface area contributed by atoms with Crippen LogP contribution in [-0.2, 0) is 17.2 Å². The van der Waals surface area contributed by atoms with Crippen LogP contribution in [0.2, 0.25) is 0 Å². The highest BCUT2D eigenvalue weighted by atomic mass is 31.1. The van der Waals surface area contributed by atoms with E-state index in [0.29, 0.717) is 15.2 Å². The molecule has 0 aliphatic carbocycles. The van der Waals surface area contributed by atoms with Gasteiger partial charge in [0.15, 0.2) is 0 Å². The Morgan fingerprint density at radius 3 is 2.12 bits per heavy atom. The molecule has 0 radical (unpaired) electrons. The van der Waals surface area contributed by atoms with Crippen LogP contribution in [-0.4, -0.2) is 5.11 Å². The Balaban J connectivity index is 2.13. The Morgan fingerprint density at radius 2 is 1.52 bits per heavy atom. The highest BCUT2D eigenvalue weighted by molar-refractivity contribution is 7.48. The van der Waals surface area contributed by atoms with E-state index in [4.69, 9.17) is 4.74 Å². The van der Waals surface area contributed by atoms with Gasteiger partial charge in [0, 0.05) is 16.3 Å². The summed E-state index contributed by atoms with van der Waals surface area (Å²) in [6, 6.07) is 23.3. The molecule has 0 heterocycles. The van der Waals surface area contributed by atoms with Crippen molar-refractivity contribution in [1.29, 1.82) is 0 Å². The first-order valence-electron chi connectivity index (χ1n) is 11.9. The SMILES string of the molecule is CCC(C)(Pc1ccccc1C(C)O)c1cc(C)cc(C(C)(C)C)c1OCc1ccccc1. The molecule has 3 atom stereocenters. The molecule has 3 unspecified atom stereocenters. The summed E-state index contributed by atoms with van der Waals surface area (Å²) in [5.41, 5.74) is 5.93. The molecule has 0 aromatic heterocycles. The Hall–Kier alpha value is -2.15. The maximum atomic E-state index is 10.4. The summed E-state index contributed by atoms with van der Waals surface area (Å²) in [5, 5.41) is 11.5. The van der Waals surface area contributed by atoms with Crippen molar-refractivity contribution in [3.63, 3.8) is 0 Å². The average Bonchev–Trinajstić information content (AvgIpc) is 2.78. The number of aliphatic hydroxyl groups is 1. The Labute approximate surface area is 202 Å². The third-order valence-corrected chi connectivity index (χ3v) is 8.29. The van der Waals surface area contributed by atoms with Crippen molar-refractivity contribution in [2.45, 2.75) is 78.2 Å². The van der Waals surface area contributed by atoms with Gasteiger partial charge in [-0.3, -0.25) is 0 Å². The fourth-order valence-electron chi connectivity index (χ4n) is 4.24. The van der Waals surface area contributed by atoms with E-state index in [1.165, 1.54) is 27.6 Å². The van der Waals surface area contributed by atoms with Gasteiger partial charge >= 0.3 is 0 Å². The van der Waals surface area contributed by atoms with E-state index in [9.17, 15) is 5.11 Å². The Morgan fingerprint density at radius 1 is 0.909 bits per heavy atom.